The number of sulfonamides is 1. The van der Waals surface area contributed by atoms with Crippen LogP contribution in [0, 0.1) is 5.82 Å². The second-order valence-corrected chi connectivity index (χ2v) is 8.41. The van der Waals surface area contributed by atoms with Gasteiger partial charge in [-0.15, -0.1) is 0 Å². The predicted molar refractivity (Wildman–Crippen MR) is 101 cm³/mol. The van der Waals surface area contributed by atoms with Gasteiger partial charge in [0.25, 0.3) is 0 Å². The first-order valence-corrected chi connectivity index (χ1v) is 10.5. The van der Waals surface area contributed by atoms with E-state index in [0.29, 0.717) is 11.5 Å². The highest BCUT2D eigenvalue weighted by Crippen LogP contribution is 2.30. The van der Waals surface area contributed by atoms with Crippen LogP contribution in [-0.4, -0.2) is 50.7 Å². The van der Waals surface area contributed by atoms with Crippen LogP contribution >= 0.6 is 0 Å². The van der Waals surface area contributed by atoms with Crippen LogP contribution in [0.15, 0.2) is 48.5 Å². The fourth-order valence-electron chi connectivity index (χ4n) is 2.71. The molecule has 0 saturated carbocycles. The van der Waals surface area contributed by atoms with E-state index in [0.717, 1.165) is 10.6 Å². The van der Waals surface area contributed by atoms with Crippen molar-refractivity contribution in [3.63, 3.8) is 0 Å². The van der Waals surface area contributed by atoms with Crippen LogP contribution in [0.1, 0.15) is 5.56 Å². The van der Waals surface area contributed by atoms with Crippen molar-refractivity contribution in [2.24, 2.45) is 0 Å². The summed E-state index contributed by atoms with van der Waals surface area (Å²) in [4.78, 5) is 12.3. The Kier molecular flexibility index (Phi) is 6.15. The highest BCUT2D eigenvalue weighted by Gasteiger charge is 2.24. The Morgan fingerprint density at radius 3 is 2.57 bits per heavy atom. The number of nitrogens with zero attached hydrogens (tertiary/aromatic N) is 1. The molecule has 0 saturated heterocycles. The summed E-state index contributed by atoms with van der Waals surface area (Å²) in [7, 11) is -3.71. The van der Waals surface area contributed by atoms with E-state index in [1.54, 1.807) is 18.2 Å². The van der Waals surface area contributed by atoms with Crippen molar-refractivity contribution < 1.29 is 27.1 Å². The lowest BCUT2D eigenvalue weighted by Gasteiger charge is -2.27. The number of amides is 1. The molecule has 0 fully saturated rings. The molecule has 0 spiro atoms. The van der Waals surface area contributed by atoms with Gasteiger partial charge in [-0.05, 0) is 18.2 Å². The third-order valence-electron chi connectivity index (χ3n) is 4.19. The van der Waals surface area contributed by atoms with Crippen molar-refractivity contribution in [1.82, 2.24) is 9.62 Å². The molecular weight excluding hydrogens is 387 g/mol. The van der Waals surface area contributed by atoms with E-state index in [1.807, 2.05) is 12.1 Å². The van der Waals surface area contributed by atoms with Crippen molar-refractivity contribution in [3.8, 4) is 11.5 Å². The SMILES string of the molecule is CS(=O)(=O)N(CC(=O)NCC1COc2ccccc2O1)Cc1ccccc1F. The van der Waals surface area contributed by atoms with Crippen molar-refractivity contribution in [2.75, 3.05) is 26.0 Å². The molecule has 1 aliphatic heterocycles. The van der Waals surface area contributed by atoms with Gasteiger partial charge in [-0.2, -0.15) is 4.31 Å². The lowest BCUT2D eigenvalue weighted by Crippen LogP contribution is -2.45. The number of para-hydroxylation sites is 2. The molecule has 1 unspecified atom stereocenters. The third kappa shape index (κ3) is 5.20. The van der Waals surface area contributed by atoms with E-state index in [2.05, 4.69) is 5.32 Å². The highest BCUT2D eigenvalue weighted by atomic mass is 32.2. The number of hydrogen-bond acceptors (Lipinski definition) is 5. The Morgan fingerprint density at radius 2 is 1.86 bits per heavy atom. The van der Waals surface area contributed by atoms with Gasteiger partial charge < -0.3 is 14.8 Å². The first-order chi connectivity index (χ1) is 13.3. The zero-order chi connectivity index (χ0) is 20.1. The van der Waals surface area contributed by atoms with E-state index in [-0.39, 0.29) is 25.3 Å². The molecular formula is C19H21FN2O5S. The number of benzene rings is 2. The van der Waals surface area contributed by atoms with Gasteiger partial charge in [-0.25, -0.2) is 12.8 Å². The summed E-state index contributed by atoms with van der Waals surface area (Å²) < 4.78 is 50.1. The molecule has 1 heterocycles. The Labute approximate surface area is 163 Å². The lowest BCUT2D eigenvalue weighted by atomic mass is 10.2. The Bertz CT molecular complexity index is 951. The van der Waals surface area contributed by atoms with Gasteiger partial charge >= 0.3 is 0 Å². The number of hydrogen-bond donors (Lipinski definition) is 1. The van der Waals surface area contributed by atoms with Crippen LogP contribution < -0.4 is 14.8 Å². The summed E-state index contributed by atoms with van der Waals surface area (Å²) in [5.41, 5.74) is 0.196. The smallest absolute Gasteiger partial charge is 0.235 e. The first kappa shape index (κ1) is 20.1. The molecule has 9 heteroatoms. The monoisotopic (exact) mass is 408 g/mol. The predicted octanol–water partition coefficient (Wildman–Crippen LogP) is 1.54. The molecule has 3 rings (SSSR count). The van der Waals surface area contributed by atoms with Gasteiger partial charge in [0.2, 0.25) is 15.9 Å². The van der Waals surface area contributed by atoms with Gasteiger partial charge in [0.15, 0.2) is 11.5 Å². The summed E-state index contributed by atoms with van der Waals surface area (Å²) >= 11 is 0. The Balaban J connectivity index is 1.56. The van der Waals surface area contributed by atoms with Crippen molar-refractivity contribution in [1.29, 1.82) is 0 Å². The number of carbonyl (C=O) groups is 1. The van der Waals surface area contributed by atoms with Gasteiger partial charge in [0.1, 0.15) is 18.5 Å². The zero-order valence-electron chi connectivity index (χ0n) is 15.3. The molecule has 1 aliphatic rings. The van der Waals surface area contributed by atoms with Crippen LogP contribution in [-0.2, 0) is 21.4 Å². The highest BCUT2D eigenvalue weighted by molar-refractivity contribution is 7.88. The van der Waals surface area contributed by atoms with Crippen LogP contribution in [0.4, 0.5) is 4.39 Å². The largest absolute Gasteiger partial charge is 0.486 e. The Morgan fingerprint density at radius 1 is 1.18 bits per heavy atom. The molecule has 0 aromatic heterocycles. The standard InChI is InChI=1S/C19H21FN2O5S/c1-28(24,25)22(11-14-6-2-3-7-16(14)20)12-19(23)21-10-15-13-26-17-8-4-5-9-18(17)27-15/h2-9,15H,10-13H2,1H3,(H,21,23). The molecule has 1 atom stereocenters. The number of carbonyl (C=O) groups excluding carboxylic acids is 1. The summed E-state index contributed by atoms with van der Waals surface area (Å²) in [5.74, 6) is 0.190. The van der Waals surface area contributed by atoms with E-state index in [9.17, 15) is 17.6 Å². The summed E-state index contributed by atoms with van der Waals surface area (Å²) in [6, 6.07) is 13.1. The summed E-state index contributed by atoms with van der Waals surface area (Å²) in [6.45, 7) is -0.223. The number of fused-ring (bicyclic) bond motifs is 1. The van der Waals surface area contributed by atoms with Crippen LogP contribution in [0.2, 0.25) is 0 Å². The van der Waals surface area contributed by atoms with E-state index < -0.39 is 34.4 Å². The minimum Gasteiger partial charge on any atom is -0.486 e. The average molecular weight is 408 g/mol. The van der Waals surface area contributed by atoms with Crippen molar-refractivity contribution in [2.45, 2.75) is 12.6 Å². The molecule has 1 N–H and O–H groups in total. The maximum atomic E-state index is 13.8. The van der Waals surface area contributed by atoms with Crippen LogP contribution in [0.3, 0.4) is 0 Å². The average Bonchev–Trinajstić information content (AvgIpc) is 2.66. The van der Waals surface area contributed by atoms with Gasteiger partial charge in [0.05, 0.1) is 19.3 Å². The number of nitrogens with one attached hydrogen (secondary N) is 1. The van der Waals surface area contributed by atoms with Gasteiger partial charge in [0, 0.05) is 12.1 Å². The Hall–Kier alpha value is -2.65. The fourth-order valence-corrected chi connectivity index (χ4v) is 3.44. The van der Waals surface area contributed by atoms with Crippen LogP contribution in [0.5, 0.6) is 11.5 Å². The molecule has 150 valence electrons. The first-order valence-electron chi connectivity index (χ1n) is 8.66. The van der Waals surface area contributed by atoms with E-state index in [1.165, 1.54) is 18.2 Å². The molecule has 7 nitrogen and oxygen atoms in total. The molecule has 28 heavy (non-hydrogen) atoms. The van der Waals surface area contributed by atoms with Gasteiger partial charge in [-0.3, -0.25) is 4.79 Å². The van der Waals surface area contributed by atoms with E-state index in [4.69, 9.17) is 9.47 Å². The third-order valence-corrected chi connectivity index (χ3v) is 5.38. The van der Waals surface area contributed by atoms with Crippen molar-refractivity contribution in [3.05, 3.63) is 59.9 Å². The van der Waals surface area contributed by atoms with E-state index >= 15 is 0 Å². The van der Waals surface area contributed by atoms with Crippen LogP contribution in [0.25, 0.3) is 0 Å². The molecule has 2 aromatic carbocycles. The van der Waals surface area contributed by atoms with Gasteiger partial charge in [-0.1, -0.05) is 30.3 Å². The molecule has 0 bridgehead atoms. The molecule has 0 aliphatic carbocycles. The second kappa shape index (κ2) is 8.57. The molecule has 0 radical (unpaired) electrons. The fraction of sp³-hybridized carbons (Fsp3) is 0.316. The number of rotatable bonds is 7. The number of ether oxygens (including phenoxy) is 2. The maximum Gasteiger partial charge on any atom is 0.235 e. The second-order valence-electron chi connectivity index (χ2n) is 6.42. The molecule has 1 amide bonds. The lowest BCUT2D eigenvalue weighted by molar-refractivity contribution is -0.121. The quantitative estimate of drug-likeness (QED) is 0.751. The minimum absolute atomic E-state index is 0.157. The zero-order valence-corrected chi connectivity index (χ0v) is 16.1. The topological polar surface area (TPSA) is 84.9 Å². The summed E-state index contributed by atoms with van der Waals surface area (Å²) in [6.07, 6.45) is 0.591. The maximum absolute atomic E-state index is 13.8. The normalized spacial score (nSPS) is 16.0. The number of halogens is 1. The van der Waals surface area contributed by atoms with Crippen molar-refractivity contribution >= 4 is 15.9 Å². The molecule has 2 aromatic rings. The summed E-state index contributed by atoms with van der Waals surface area (Å²) in [5, 5.41) is 2.64. The minimum atomic E-state index is -3.71.